The lowest BCUT2D eigenvalue weighted by Gasteiger charge is -2.19. The minimum atomic E-state index is -0.864. The highest BCUT2D eigenvalue weighted by molar-refractivity contribution is 5.76. The Kier molecular flexibility index (Phi) is 63.2. The first-order chi connectivity index (χ1) is 36.7. The molecule has 0 aromatic carbocycles. The van der Waals surface area contributed by atoms with Gasteiger partial charge in [0, 0.05) is 6.42 Å². The summed E-state index contributed by atoms with van der Waals surface area (Å²) in [6.45, 7) is 4.22. The average molecular weight is 1030 g/mol. The van der Waals surface area contributed by atoms with Crippen molar-refractivity contribution in [3.63, 3.8) is 0 Å². The van der Waals surface area contributed by atoms with Gasteiger partial charge >= 0.3 is 0 Å². The lowest BCUT2D eigenvalue weighted by molar-refractivity contribution is -0.123. The van der Waals surface area contributed by atoms with E-state index in [2.05, 4.69) is 79.9 Å². The van der Waals surface area contributed by atoms with E-state index in [1.54, 1.807) is 6.08 Å². The third kappa shape index (κ3) is 60.7. The first-order valence-corrected chi connectivity index (χ1v) is 33.2. The van der Waals surface area contributed by atoms with E-state index >= 15 is 0 Å². The summed E-state index contributed by atoms with van der Waals surface area (Å²) in [4.78, 5) is 12.5. The molecule has 74 heavy (non-hydrogen) atoms. The zero-order chi connectivity index (χ0) is 53.4. The molecule has 0 heterocycles. The molecule has 0 radical (unpaired) electrons. The molecule has 0 aliphatic carbocycles. The van der Waals surface area contributed by atoms with Crippen molar-refractivity contribution in [2.75, 3.05) is 6.61 Å². The van der Waals surface area contributed by atoms with Gasteiger partial charge in [0.05, 0.1) is 18.8 Å². The van der Waals surface area contributed by atoms with Crippen LogP contribution < -0.4 is 5.32 Å². The Labute approximate surface area is 463 Å². The topological polar surface area (TPSA) is 69.6 Å². The zero-order valence-electron chi connectivity index (χ0n) is 49.9. The van der Waals surface area contributed by atoms with Crippen LogP contribution in [-0.2, 0) is 4.79 Å². The summed E-state index contributed by atoms with van der Waals surface area (Å²) in [6.07, 6.45) is 94.1. The van der Waals surface area contributed by atoms with Crippen LogP contribution in [0.15, 0.2) is 72.9 Å². The third-order valence-electron chi connectivity index (χ3n) is 15.2. The van der Waals surface area contributed by atoms with E-state index in [1.165, 1.54) is 270 Å². The third-order valence-corrected chi connectivity index (χ3v) is 15.2. The molecule has 0 aromatic heterocycles. The van der Waals surface area contributed by atoms with E-state index in [1.807, 2.05) is 6.08 Å². The Morgan fingerprint density at radius 2 is 0.608 bits per heavy atom. The predicted molar refractivity (Wildman–Crippen MR) is 331 cm³/mol. The molecule has 3 N–H and O–H groups in total. The Morgan fingerprint density at radius 3 is 0.946 bits per heavy atom. The minimum Gasteiger partial charge on any atom is -0.394 e. The highest BCUT2D eigenvalue weighted by atomic mass is 16.3. The molecule has 0 rings (SSSR count). The molecule has 0 saturated heterocycles. The van der Waals surface area contributed by atoms with Crippen LogP contribution in [0.4, 0.5) is 0 Å². The summed E-state index contributed by atoms with van der Waals surface area (Å²) >= 11 is 0. The minimum absolute atomic E-state index is 0.0679. The van der Waals surface area contributed by atoms with Gasteiger partial charge in [-0.1, -0.05) is 344 Å². The normalized spacial score (nSPS) is 13.2. The Hall–Kier alpha value is -2.17. The molecule has 4 nitrogen and oxygen atoms in total. The molecular weight excluding hydrogens is 903 g/mol. The van der Waals surface area contributed by atoms with Gasteiger partial charge in [-0.2, -0.15) is 0 Å². The zero-order valence-corrected chi connectivity index (χ0v) is 49.9. The quantitative estimate of drug-likeness (QED) is 0.0420. The standard InChI is InChI=1S/C70H129NO3/c1-3-5-7-9-11-13-15-17-19-21-23-25-27-28-29-30-31-32-33-34-35-36-37-38-39-40-41-42-44-46-48-50-52-54-56-58-60-62-64-66-70(74)71-68(67-72)69(73)65-63-61-59-57-55-53-51-49-47-45-43-26-24-22-20-18-16-14-12-10-8-6-4-2/h5,7,11,13,17,19,23,25,55,57,63,65,68-69,72-73H,3-4,6,8-10,12,14-16,18,20-22,24,26-54,56,58-62,64,66-67H2,1-2H3,(H,71,74)/b7-5-,13-11-,19-17-,25-23-,57-55+,65-63+. The number of carbonyl (C=O) groups excluding carboxylic acids is 1. The van der Waals surface area contributed by atoms with Crippen molar-refractivity contribution in [3.05, 3.63) is 72.9 Å². The smallest absolute Gasteiger partial charge is 0.220 e. The van der Waals surface area contributed by atoms with Crippen molar-refractivity contribution in [1.29, 1.82) is 0 Å². The number of hydrogen-bond donors (Lipinski definition) is 3. The number of amides is 1. The molecule has 0 spiro atoms. The molecule has 2 atom stereocenters. The second kappa shape index (κ2) is 65.1. The molecule has 0 fully saturated rings. The Balaban J connectivity index is 3.44. The Bertz CT molecular complexity index is 1260. The average Bonchev–Trinajstić information content (AvgIpc) is 3.40. The largest absolute Gasteiger partial charge is 0.394 e. The molecule has 2 unspecified atom stereocenters. The van der Waals surface area contributed by atoms with Crippen LogP contribution in [0.5, 0.6) is 0 Å². The first kappa shape index (κ1) is 71.8. The van der Waals surface area contributed by atoms with Gasteiger partial charge < -0.3 is 15.5 Å². The molecule has 0 aliphatic heterocycles. The van der Waals surface area contributed by atoms with Crippen LogP contribution in [0.1, 0.15) is 348 Å². The number of carbonyl (C=O) groups is 1. The van der Waals surface area contributed by atoms with Gasteiger partial charge in [0.25, 0.3) is 0 Å². The molecule has 0 aromatic rings. The van der Waals surface area contributed by atoms with Gasteiger partial charge in [-0.05, 0) is 70.6 Å². The number of aliphatic hydroxyl groups excluding tert-OH is 2. The summed E-state index contributed by atoms with van der Waals surface area (Å²) < 4.78 is 0. The fraction of sp³-hybridized carbons (Fsp3) is 0.814. The van der Waals surface area contributed by atoms with E-state index in [0.29, 0.717) is 6.42 Å². The van der Waals surface area contributed by atoms with Crippen LogP contribution in [-0.4, -0.2) is 34.9 Å². The lowest BCUT2D eigenvalue weighted by atomic mass is 10.0. The van der Waals surface area contributed by atoms with Gasteiger partial charge in [0.2, 0.25) is 5.91 Å². The van der Waals surface area contributed by atoms with Crippen molar-refractivity contribution in [2.24, 2.45) is 0 Å². The number of allylic oxidation sites excluding steroid dienone is 11. The van der Waals surface area contributed by atoms with Gasteiger partial charge in [-0.25, -0.2) is 0 Å². The van der Waals surface area contributed by atoms with Gasteiger partial charge in [-0.3, -0.25) is 4.79 Å². The van der Waals surface area contributed by atoms with Crippen LogP contribution >= 0.6 is 0 Å². The Morgan fingerprint density at radius 1 is 0.338 bits per heavy atom. The number of rotatable bonds is 61. The highest BCUT2D eigenvalue weighted by Gasteiger charge is 2.18. The summed E-state index contributed by atoms with van der Waals surface area (Å²) in [6, 6.07) is -0.640. The van der Waals surface area contributed by atoms with E-state index in [-0.39, 0.29) is 12.5 Å². The first-order valence-electron chi connectivity index (χ1n) is 33.2. The summed E-state index contributed by atoms with van der Waals surface area (Å²) in [5, 5.41) is 23.2. The van der Waals surface area contributed by atoms with Gasteiger partial charge in [0.1, 0.15) is 0 Å². The number of hydrogen-bond acceptors (Lipinski definition) is 3. The maximum atomic E-state index is 12.5. The summed E-state index contributed by atoms with van der Waals surface area (Å²) in [5.74, 6) is -0.0679. The maximum Gasteiger partial charge on any atom is 0.220 e. The van der Waals surface area contributed by atoms with Crippen LogP contribution in [0.2, 0.25) is 0 Å². The lowest BCUT2D eigenvalue weighted by Crippen LogP contribution is -2.45. The molecule has 432 valence electrons. The van der Waals surface area contributed by atoms with Crippen LogP contribution in [0, 0.1) is 0 Å². The summed E-state index contributed by atoms with van der Waals surface area (Å²) in [7, 11) is 0. The molecule has 0 bridgehead atoms. The molecule has 4 heteroatoms. The molecular formula is C70H129NO3. The second-order valence-corrected chi connectivity index (χ2v) is 22.5. The fourth-order valence-electron chi connectivity index (χ4n) is 10.2. The van der Waals surface area contributed by atoms with Crippen molar-refractivity contribution >= 4 is 5.91 Å². The van der Waals surface area contributed by atoms with Crippen LogP contribution in [0.3, 0.4) is 0 Å². The van der Waals surface area contributed by atoms with Crippen LogP contribution in [0.25, 0.3) is 0 Å². The number of nitrogens with one attached hydrogen (secondary N) is 1. The second-order valence-electron chi connectivity index (χ2n) is 22.5. The molecule has 1 amide bonds. The van der Waals surface area contributed by atoms with Gasteiger partial charge in [0.15, 0.2) is 0 Å². The molecule has 0 aliphatic rings. The van der Waals surface area contributed by atoms with Crippen molar-refractivity contribution in [2.45, 2.75) is 360 Å². The fourth-order valence-corrected chi connectivity index (χ4v) is 10.2. The predicted octanol–water partition coefficient (Wildman–Crippen LogP) is 22.5. The van der Waals surface area contributed by atoms with Crippen molar-refractivity contribution in [1.82, 2.24) is 5.32 Å². The van der Waals surface area contributed by atoms with Crippen molar-refractivity contribution < 1.29 is 15.0 Å². The number of unbranched alkanes of at least 4 members (excludes halogenated alkanes) is 44. The summed E-state index contributed by atoms with van der Waals surface area (Å²) in [5.41, 5.74) is 0. The molecule has 0 saturated carbocycles. The van der Waals surface area contributed by atoms with E-state index < -0.39 is 12.1 Å². The SMILES string of the molecule is CC/C=C\C/C=C\C/C=C\C/C=C\CCCCCCCCCCCCCCCCCCCCCCCCCCCCC(=O)NC(CO)C(O)/C=C/CC/C=C/CCCCCCCCCCCCCCCCCCC. The van der Waals surface area contributed by atoms with Crippen molar-refractivity contribution in [3.8, 4) is 0 Å². The number of aliphatic hydroxyl groups is 2. The maximum absolute atomic E-state index is 12.5. The highest BCUT2D eigenvalue weighted by Crippen LogP contribution is 2.18. The van der Waals surface area contributed by atoms with E-state index in [4.69, 9.17) is 0 Å². The van der Waals surface area contributed by atoms with Gasteiger partial charge in [-0.15, -0.1) is 0 Å². The monoisotopic (exact) mass is 1030 g/mol. The van der Waals surface area contributed by atoms with E-state index in [9.17, 15) is 15.0 Å². The van der Waals surface area contributed by atoms with E-state index in [0.717, 1.165) is 57.8 Å².